The Labute approximate surface area is 149 Å². The van der Waals surface area contributed by atoms with Gasteiger partial charge in [-0.25, -0.2) is 4.79 Å². The van der Waals surface area contributed by atoms with Crippen molar-refractivity contribution in [2.24, 2.45) is 5.73 Å². The van der Waals surface area contributed by atoms with E-state index in [0.717, 1.165) is 5.56 Å². The van der Waals surface area contributed by atoms with Crippen molar-refractivity contribution < 1.29 is 19.1 Å². The average Bonchev–Trinajstić information content (AvgIpc) is 2.60. The number of rotatable bonds is 6. The van der Waals surface area contributed by atoms with Gasteiger partial charge in [0.15, 0.2) is 6.61 Å². The van der Waals surface area contributed by atoms with E-state index in [4.69, 9.17) is 22.1 Å². The minimum atomic E-state index is -0.644. The van der Waals surface area contributed by atoms with E-state index in [-0.39, 0.29) is 0 Å². The fourth-order valence-electron chi connectivity index (χ4n) is 1.84. The first kappa shape index (κ1) is 18.2. The van der Waals surface area contributed by atoms with E-state index in [0.29, 0.717) is 16.3 Å². The number of anilines is 1. The van der Waals surface area contributed by atoms with Gasteiger partial charge in [0.05, 0.1) is 0 Å². The molecule has 2 rings (SSSR count). The third-order valence-corrected chi connectivity index (χ3v) is 3.33. The molecule has 0 unspecified atom stereocenters. The highest BCUT2D eigenvalue weighted by Crippen LogP contribution is 2.11. The lowest BCUT2D eigenvalue weighted by Gasteiger charge is -2.05. The standard InChI is InChI=1S/C18H15ClN2O4/c19-14-6-1-12(2-7-14)3-10-17(23)25-11-16(22)21-15-8-4-13(5-9-15)18(20)24/h1-10H,11H2,(H2,20,24)(H,21,22)/b10-3+. The van der Waals surface area contributed by atoms with Crippen molar-refractivity contribution >= 4 is 41.1 Å². The number of amides is 2. The van der Waals surface area contributed by atoms with Crippen LogP contribution >= 0.6 is 11.6 Å². The first-order valence-electron chi connectivity index (χ1n) is 7.24. The largest absolute Gasteiger partial charge is 0.452 e. The van der Waals surface area contributed by atoms with Crippen LogP contribution in [0.1, 0.15) is 15.9 Å². The molecule has 0 bridgehead atoms. The third kappa shape index (κ3) is 6.12. The third-order valence-electron chi connectivity index (χ3n) is 3.08. The number of hydrogen-bond donors (Lipinski definition) is 2. The van der Waals surface area contributed by atoms with Crippen molar-refractivity contribution in [2.45, 2.75) is 0 Å². The van der Waals surface area contributed by atoms with E-state index in [1.54, 1.807) is 30.3 Å². The molecule has 0 radical (unpaired) electrons. The Kier molecular flexibility index (Phi) is 6.31. The topological polar surface area (TPSA) is 98.5 Å². The molecule has 0 fully saturated rings. The molecule has 128 valence electrons. The zero-order valence-electron chi connectivity index (χ0n) is 13.1. The zero-order chi connectivity index (χ0) is 18.2. The maximum atomic E-state index is 11.7. The van der Waals surface area contributed by atoms with Crippen LogP contribution in [0.2, 0.25) is 5.02 Å². The average molecular weight is 359 g/mol. The summed E-state index contributed by atoms with van der Waals surface area (Å²) in [7, 11) is 0. The van der Waals surface area contributed by atoms with Gasteiger partial charge in [-0.05, 0) is 48.0 Å². The molecule has 0 heterocycles. The molecule has 0 aromatic heterocycles. The minimum Gasteiger partial charge on any atom is -0.452 e. The fourth-order valence-corrected chi connectivity index (χ4v) is 1.96. The summed E-state index contributed by atoms with van der Waals surface area (Å²) in [6, 6.07) is 12.9. The van der Waals surface area contributed by atoms with E-state index in [1.807, 2.05) is 0 Å². The van der Waals surface area contributed by atoms with Crippen molar-refractivity contribution in [1.82, 2.24) is 0 Å². The second-order valence-electron chi connectivity index (χ2n) is 4.98. The van der Waals surface area contributed by atoms with Crippen LogP contribution in [0, 0.1) is 0 Å². The van der Waals surface area contributed by atoms with Gasteiger partial charge in [0.1, 0.15) is 0 Å². The highest BCUT2D eigenvalue weighted by Gasteiger charge is 2.06. The molecule has 2 aromatic carbocycles. The summed E-state index contributed by atoms with van der Waals surface area (Å²) in [5, 5.41) is 3.13. The summed E-state index contributed by atoms with van der Waals surface area (Å²) < 4.78 is 4.85. The molecule has 0 aliphatic rings. The monoisotopic (exact) mass is 358 g/mol. The van der Waals surface area contributed by atoms with Crippen LogP contribution in [-0.2, 0) is 14.3 Å². The summed E-state index contributed by atoms with van der Waals surface area (Å²) in [6.07, 6.45) is 2.78. The number of nitrogens with two attached hydrogens (primary N) is 1. The highest BCUT2D eigenvalue weighted by molar-refractivity contribution is 6.30. The van der Waals surface area contributed by atoms with E-state index in [9.17, 15) is 14.4 Å². The lowest BCUT2D eigenvalue weighted by Crippen LogP contribution is -2.20. The van der Waals surface area contributed by atoms with Crippen LogP contribution in [0.25, 0.3) is 6.08 Å². The van der Waals surface area contributed by atoms with Gasteiger partial charge in [-0.1, -0.05) is 23.7 Å². The van der Waals surface area contributed by atoms with Gasteiger partial charge in [-0.3, -0.25) is 9.59 Å². The molecule has 0 aliphatic heterocycles. The van der Waals surface area contributed by atoms with Gasteiger partial charge in [0.25, 0.3) is 5.91 Å². The lowest BCUT2D eigenvalue weighted by atomic mass is 10.2. The maximum Gasteiger partial charge on any atom is 0.331 e. The van der Waals surface area contributed by atoms with Gasteiger partial charge in [-0.2, -0.15) is 0 Å². The number of primary amides is 1. The van der Waals surface area contributed by atoms with Crippen LogP contribution in [0.5, 0.6) is 0 Å². The van der Waals surface area contributed by atoms with Crippen molar-refractivity contribution in [2.75, 3.05) is 11.9 Å². The summed E-state index contributed by atoms with van der Waals surface area (Å²) in [6.45, 7) is -0.429. The van der Waals surface area contributed by atoms with Crippen molar-refractivity contribution in [3.63, 3.8) is 0 Å². The van der Waals surface area contributed by atoms with Crippen molar-refractivity contribution in [3.8, 4) is 0 Å². The summed E-state index contributed by atoms with van der Waals surface area (Å²) in [5.74, 6) is -1.70. The molecule has 0 spiro atoms. The molecule has 0 saturated carbocycles. The number of benzene rings is 2. The van der Waals surface area contributed by atoms with Crippen molar-refractivity contribution in [1.29, 1.82) is 0 Å². The van der Waals surface area contributed by atoms with Crippen LogP contribution in [-0.4, -0.2) is 24.4 Å². The molecule has 7 heteroatoms. The maximum absolute atomic E-state index is 11.7. The SMILES string of the molecule is NC(=O)c1ccc(NC(=O)COC(=O)/C=C/c2ccc(Cl)cc2)cc1. The number of ether oxygens (including phenoxy) is 1. The Hall–Kier alpha value is -3.12. The summed E-state index contributed by atoms with van der Waals surface area (Å²) >= 11 is 5.77. The Bertz CT molecular complexity index is 799. The number of hydrogen-bond acceptors (Lipinski definition) is 4. The number of nitrogens with one attached hydrogen (secondary N) is 1. The highest BCUT2D eigenvalue weighted by atomic mass is 35.5. The predicted octanol–water partition coefficient (Wildman–Crippen LogP) is 2.63. The second-order valence-corrected chi connectivity index (χ2v) is 5.42. The zero-order valence-corrected chi connectivity index (χ0v) is 13.8. The summed E-state index contributed by atoms with van der Waals surface area (Å²) in [5.41, 5.74) is 6.70. The van der Waals surface area contributed by atoms with Crippen molar-refractivity contribution in [3.05, 3.63) is 70.8 Å². The molecular weight excluding hydrogens is 344 g/mol. The van der Waals surface area contributed by atoms with Gasteiger partial charge in [0.2, 0.25) is 5.91 Å². The number of esters is 1. The smallest absolute Gasteiger partial charge is 0.331 e. The summed E-state index contributed by atoms with van der Waals surface area (Å²) in [4.78, 5) is 34.3. The van der Waals surface area contributed by atoms with E-state index < -0.39 is 24.4 Å². The second kappa shape index (κ2) is 8.65. The molecule has 0 aliphatic carbocycles. The normalized spacial score (nSPS) is 10.4. The Morgan fingerprint density at radius 3 is 2.28 bits per heavy atom. The minimum absolute atomic E-state index is 0.330. The molecule has 6 nitrogen and oxygen atoms in total. The van der Waals surface area contributed by atoms with Crippen LogP contribution in [0.3, 0.4) is 0 Å². The van der Waals surface area contributed by atoms with Gasteiger partial charge in [-0.15, -0.1) is 0 Å². The number of carbonyl (C=O) groups excluding carboxylic acids is 3. The van der Waals surface area contributed by atoms with Crippen LogP contribution < -0.4 is 11.1 Å². The predicted molar refractivity (Wildman–Crippen MR) is 95.0 cm³/mol. The molecule has 0 atom stereocenters. The Balaban J connectivity index is 1.79. The number of halogens is 1. The molecule has 0 saturated heterocycles. The molecule has 3 N–H and O–H groups in total. The Morgan fingerprint density at radius 1 is 1.04 bits per heavy atom. The molecular formula is C18H15ClN2O4. The van der Waals surface area contributed by atoms with Gasteiger partial charge < -0.3 is 15.8 Å². The molecule has 2 amide bonds. The fraction of sp³-hybridized carbons (Fsp3) is 0.0556. The first-order valence-corrected chi connectivity index (χ1v) is 7.62. The Morgan fingerprint density at radius 2 is 1.68 bits per heavy atom. The van der Waals surface area contributed by atoms with E-state index in [1.165, 1.54) is 30.3 Å². The quantitative estimate of drug-likeness (QED) is 0.612. The molecule has 2 aromatic rings. The van der Waals surface area contributed by atoms with E-state index >= 15 is 0 Å². The number of carbonyl (C=O) groups is 3. The van der Waals surface area contributed by atoms with Crippen LogP contribution in [0.15, 0.2) is 54.6 Å². The first-order chi connectivity index (χ1) is 11.9. The van der Waals surface area contributed by atoms with Gasteiger partial charge in [0, 0.05) is 22.3 Å². The van der Waals surface area contributed by atoms with Crippen LogP contribution in [0.4, 0.5) is 5.69 Å². The lowest BCUT2D eigenvalue weighted by molar-refractivity contribution is -0.142. The van der Waals surface area contributed by atoms with Gasteiger partial charge >= 0.3 is 5.97 Å². The van der Waals surface area contributed by atoms with E-state index in [2.05, 4.69) is 5.32 Å². The molecule has 25 heavy (non-hydrogen) atoms.